The zero-order valence-electron chi connectivity index (χ0n) is 6.05. The lowest BCUT2D eigenvalue weighted by molar-refractivity contribution is 0.180. The molecule has 0 aliphatic heterocycles. The summed E-state index contributed by atoms with van der Waals surface area (Å²) in [5, 5.41) is 9.46. The third kappa shape index (κ3) is 1.21. The van der Waals surface area contributed by atoms with Gasteiger partial charge in [-0.2, -0.15) is 0 Å². The van der Waals surface area contributed by atoms with Gasteiger partial charge in [0.1, 0.15) is 0 Å². The highest BCUT2D eigenvalue weighted by atomic mass is 79.9. The van der Waals surface area contributed by atoms with E-state index in [-0.39, 0.29) is 6.10 Å². The molecule has 0 amide bonds. The van der Waals surface area contributed by atoms with Crippen LogP contribution in [0.1, 0.15) is 23.7 Å². The van der Waals surface area contributed by atoms with E-state index in [1.54, 1.807) is 0 Å². The molecule has 0 saturated carbocycles. The number of rotatable bonds is 0. The molecule has 1 aliphatic rings. The maximum absolute atomic E-state index is 9.46. The molecule has 1 aromatic rings. The second-order valence-corrected chi connectivity index (χ2v) is 3.81. The molecule has 0 radical (unpaired) electrons. The van der Waals surface area contributed by atoms with Gasteiger partial charge < -0.3 is 5.11 Å². The Morgan fingerprint density at radius 3 is 3.09 bits per heavy atom. The van der Waals surface area contributed by atoms with Crippen LogP contribution in [0.5, 0.6) is 0 Å². The molecule has 1 aliphatic carbocycles. The molecule has 2 rings (SSSR count). The zero-order chi connectivity index (χ0) is 7.84. The molecule has 0 fully saturated rings. The van der Waals surface area contributed by atoms with E-state index in [0.29, 0.717) is 0 Å². The fourth-order valence-corrected chi connectivity index (χ4v) is 1.97. The number of benzene rings is 1. The van der Waals surface area contributed by atoms with E-state index in [1.807, 2.05) is 12.1 Å². The predicted octanol–water partition coefficient (Wildman–Crippen LogP) is 2.43. The molecule has 58 valence electrons. The van der Waals surface area contributed by atoms with Crippen LogP contribution in [0, 0.1) is 0 Å². The number of aliphatic hydroxyl groups excluding tert-OH is 1. The normalized spacial score (nSPS) is 21.8. The lowest BCUT2D eigenvalue weighted by Crippen LogP contribution is -1.88. The Bertz CT molecular complexity index is 283. The molecule has 1 aromatic carbocycles. The van der Waals surface area contributed by atoms with E-state index in [2.05, 4.69) is 22.0 Å². The van der Waals surface area contributed by atoms with Crippen molar-refractivity contribution < 1.29 is 5.11 Å². The molecule has 2 heteroatoms. The Morgan fingerprint density at radius 1 is 1.45 bits per heavy atom. The first-order chi connectivity index (χ1) is 5.27. The highest BCUT2D eigenvalue weighted by Crippen LogP contribution is 2.32. The van der Waals surface area contributed by atoms with Crippen molar-refractivity contribution in [2.24, 2.45) is 0 Å². The molecular weight excluding hydrogens is 204 g/mol. The quantitative estimate of drug-likeness (QED) is 0.701. The van der Waals surface area contributed by atoms with Crippen LogP contribution in [0.3, 0.4) is 0 Å². The van der Waals surface area contributed by atoms with Crippen molar-refractivity contribution in [2.45, 2.75) is 18.9 Å². The minimum Gasteiger partial charge on any atom is -0.388 e. The van der Waals surface area contributed by atoms with Crippen LogP contribution in [-0.2, 0) is 6.42 Å². The van der Waals surface area contributed by atoms with Gasteiger partial charge in [0.05, 0.1) is 6.10 Å². The first-order valence-electron chi connectivity index (χ1n) is 3.74. The van der Waals surface area contributed by atoms with Gasteiger partial charge in [0.25, 0.3) is 0 Å². The Labute approximate surface area is 74.2 Å². The molecule has 0 unspecified atom stereocenters. The third-order valence-corrected chi connectivity index (χ3v) is 2.64. The molecule has 11 heavy (non-hydrogen) atoms. The smallest absolute Gasteiger partial charge is 0.0795 e. The molecule has 0 heterocycles. The first kappa shape index (κ1) is 7.32. The van der Waals surface area contributed by atoms with Gasteiger partial charge in [-0.1, -0.05) is 22.0 Å². The number of aryl methyl sites for hydroxylation is 1. The van der Waals surface area contributed by atoms with Gasteiger partial charge in [0.2, 0.25) is 0 Å². The van der Waals surface area contributed by atoms with E-state index in [9.17, 15) is 5.11 Å². The van der Waals surface area contributed by atoms with Crippen molar-refractivity contribution in [1.82, 2.24) is 0 Å². The van der Waals surface area contributed by atoms with Crippen molar-refractivity contribution in [3.8, 4) is 0 Å². The van der Waals surface area contributed by atoms with Crippen LogP contribution in [0.15, 0.2) is 22.7 Å². The number of fused-ring (bicyclic) bond motifs is 1. The predicted molar refractivity (Wildman–Crippen MR) is 47.4 cm³/mol. The maximum Gasteiger partial charge on any atom is 0.0795 e. The van der Waals surface area contributed by atoms with Gasteiger partial charge in [-0.05, 0) is 36.1 Å². The summed E-state index contributed by atoms with van der Waals surface area (Å²) < 4.78 is 1.10. The van der Waals surface area contributed by atoms with E-state index >= 15 is 0 Å². The van der Waals surface area contributed by atoms with Crippen molar-refractivity contribution in [3.63, 3.8) is 0 Å². The standard InChI is InChI=1S/C9H9BrO/c10-7-2-3-8-6(5-7)1-4-9(8)11/h2-3,5,9,11H,1,4H2/t9-/m1/s1. The summed E-state index contributed by atoms with van der Waals surface area (Å²) in [4.78, 5) is 0. The van der Waals surface area contributed by atoms with Crippen LogP contribution in [0.4, 0.5) is 0 Å². The number of halogens is 1. The van der Waals surface area contributed by atoms with Gasteiger partial charge >= 0.3 is 0 Å². The number of hydrogen-bond donors (Lipinski definition) is 1. The average Bonchev–Trinajstić information content (AvgIpc) is 2.32. The van der Waals surface area contributed by atoms with Crippen LogP contribution >= 0.6 is 15.9 Å². The van der Waals surface area contributed by atoms with E-state index in [1.165, 1.54) is 5.56 Å². The Morgan fingerprint density at radius 2 is 2.27 bits per heavy atom. The largest absolute Gasteiger partial charge is 0.388 e. The van der Waals surface area contributed by atoms with Crippen molar-refractivity contribution in [2.75, 3.05) is 0 Å². The Hall–Kier alpha value is -0.340. The summed E-state index contributed by atoms with van der Waals surface area (Å²) in [6.45, 7) is 0. The maximum atomic E-state index is 9.46. The number of hydrogen-bond acceptors (Lipinski definition) is 1. The Balaban J connectivity index is 2.50. The highest BCUT2D eigenvalue weighted by Gasteiger charge is 2.19. The molecule has 0 aromatic heterocycles. The Kier molecular flexibility index (Phi) is 1.74. The summed E-state index contributed by atoms with van der Waals surface area (Å²) in [5.74, 6) is 0. The fraction of sp³-hybridized carbons (Fsp3) is 0.333. The third-order valence-electron chi connectivity index (χ3n) is 2.15. The molecular formula is C9H9BrO. The van der Waals surface area contributed by atoms with E-state index < -0.39 is 0 Å². The van der Waals surface area contributed by atoms with E-state index in [4.69, 9.17) is 0 Å². The topological polar surface area (TPSA) is 20.2 Å². The summed E-state index contributed by atoms with van der Waals surface area (Å²) in [7, 11) is 0. The van der Waals surface area contributed by atoms with Gasteiger partial charge in [-0.25, -0.2) is 0 Å². The van der Waals surface area contributed by atoms with Crippen LogP contribution in [0.2, 0.25) is 0 Å². The minimum absolute atomic E-state index is 0.224. The van der Waals surface area contributed by atoms with Crippen molar-refractivity contribution >= 4 is 15.9 Å². The lowest BCUT2D eigenvalue weighted by atomic mass is 10.1. The monoisotopic (exact) mass is 212 g/mol. The van der Waals surface area contributed by atoms with Crippen LogP contribution in [-0.4, -0.2) is 5.11 Å². The summed E-state index contributed by atoms with van der Waals surface area (Å²) >= 11 is 3.40. The second kappa shape index (κ2) is 2.61. The average molecular weight is 213 g/mol. The molecule has 0 saturated heterocycles. The van der Waals surface area contributed by atoms with Crippen molar-refractivity contribution in [3.05, 3.63) is 33.8 Å². The molecule has 1 atom stereocenters. The summed E-state index contributed by atoms with van der Waals surface area (Å²) in [5.41, 5.74) is 2.39. The molecule has 0 spiro atoms. The second-order valence-electron chi connectivity index (χ2n) is 2.90. The van der Waals surface area contributed by atoms with Crippen molar-refractivity contribution in [1.29, 1.82) is 0 Å². The molecule has 1 nitrogen and oxygen atoms in total. The SMILES string of the molecule is O[C@@H]1CCc2cc(Br)ccc21. The lowest BCUT2D eigenvalue weighted by Gasteiger charge is -2.02. The van der Waals surface area contributed by atoms with Gasteiger partial charge in [0.15, 0.2) is 0 Å². The summed E-state index contributed by atoms with van der Waals surface area (Å²) in [6.07, 6.45) is 1.67. The van der Waals surface area contributed by atoms with Crippen LogP contribution in [0.25, 0.3) is 0 Å². The van der Waals surface area contributed by atoms with Gasteiger partial charge in [-0.3, -0.25) is 0 Å². The zero-order valence-corrected chi connectivity index (χ0v) is 7.63. The van der Waals surface area contributed by atoms with E-state index in [0.717, 1.165) is 22.9 Å². The fourth-order valence-electron chi connectivity index (χ4n) is 1.56. The van der Waals surface area contributed by atoms with Crippen LogP contribution < -0.4 is 0 Å². The summed E-state index contributed by atoms with van der Waals surface area (Å²) in [6, 6.07) is 6.07. The highest BCUT2D eigenvalue weighted by molar-refractivity contribution is 9.10. The first-order valence-corrected chi connectivity index (χ1v) is 4.53. The molecule has 0 bridgehead atoms. The number of aliphatic hydroxyl groups is 1. The molecule has 1 N–H and O–H groups in total. The van der Waals surface area contributed by atoms with Gasteiger partial charge in [-0.15, -0.1) is 0 Å². The van der Waals surface area contributed by atoms with Gasteiger partial charge in [0, 0.05) is 4.47 Å². The minimum atomic E-state index is -0.224.